The standard InChI is InChI=1S/C23H26F2N2O5/c24-20(25)23(30)12-7-13-27(22(29)32-16-18-10-5-2-6-11-18)14-19(23)26-21(28)31-15-17-8-3-1-4-9-17/h1-6,8-11,19-20,30H,7,12-16H2,(H,26,28)/t19-,23?/m1/s1. The zero-order valence-corrected chi connectivity index (χ0v) is 17.5. The molecule has 2 aromatic rings. The fraction of sp³-hybridized carbons (Fsp3) is 0.391. The molecule has 0 saturated carbocycles. The maximum Gasteiger partial charge on any atom is 0.410 e. The molecule has 1 unspecified atom stereocenters. The van der Waals surface area contributed by atoms with Crippen LogP contribution in [0.4, 0.5) is 18.4 Å². The molecule has 32 heavy (non-hydrogen) atoms. The fourth-order valence-corrected chi connectivity index (χ4v) is 3.51. The van der Waals surface area contributed by atoms with Gasteiger partial charge in [0, 0.05) is 13.1 Å². The van der Waals surface area contributed by atoms with E-state index in [9.17, 15) is 23.5 Å². The summed E-state index contributed by atoms with van der Waals surface area (Å²) in [6, 6.07) is 16.4. The molecule has 3 rings (SSSR count). The lowest BCUT2D eigenvalue weighted by molar-refractivity contribution is -0.119. The predicted octanol–water partition coefficient (Wildman–Crippen LogP) is 3.71. The lowest BCUT2D eigenvalue weighted by atomic mass is 9.90. The average molecular weight is 448 g/mol. The summed E-state index contributed by atoms with van der Waals surface area (Å²) in [4.78, 5) is 26.0. The highest BCUT2D eigenvalue weighted by Gasteiger charge is 2.48. The maximum atomic E-state index is 13.8. The van der Waals surface area contributed by atoms with Crippen molar-refractivity contribution in [1.82, 2.24) is 10.2 Å². The number of halogens is 2. The van der Waals surface area contributed by atoms with E-state index < -0.39 is 30.3 Å². The average Bonchev–Trinajstić information content (AvgIpc) is 2.97. The largest absolute Gasteiger partial charge is 0.445 e. The van der Waals surface area contributed by atoms with Crippen LogP contribution in [0.25, 0.3) is 0 Å². The highest BCUT2D eigenvalue weighted by molar-refractivity contribution is 5.69. The number of amides is 2. The Kier molecular flexibility index (Phi) is 7.99. The molecule has 2 N–H and O–H groups in total. The van der Waals surface area contributed by atoms with Crippen LogP contribution in [0.15, 0.2) is 60.7 Å². The molecule has 2 amide bonds. The van der Waals surface area contributed by atoms with E-state index in [1.807, 2.05) is 12.1 Å². The maximum absolute atomic E-state index is 13.8. The SMILES string of the molecule is O=C(N[C@@H]1CN(C(=O)OCc2ccccc2)CCCC1(O)C(F)F)OCc1ccccc1. The van der Waals surface area contributed by atoms with Crippen molar-refractivity contribution in [3.8, 4) is 0 Å². The van der Waals surface area contributed by atoms with Gasteiger partial charge >= 0.3 is 12.2 Å². The second-order valence-corrected chi connectivity index (χ2v) is 7.64. The predicted molar refractivity (Wildman–Crippen MR) is 112 cm³/mol. The van der Waals surface area contributed by atoms with Gasteiger partial charge in [-0.25, -0.2) is 18.4 Å². The molecule has 1 aliphatic rings. The van der Waals surface area contributed by atoms with Crippen LogP contribution in [0.2, 0.25) is 0 Å². The van der Waals surface area contributed by atoms with Crippen molar-refractivity contribution >= 4 is 12.2 Å². The van der Waals surface area contributed by atoms with E-state index in [1.54, 1.807) is 48.5 Å². The molecule has 1 aliphatic heterocycles. The van der Waals surface area contributed by atoms with Gasteiger partial charge in [0.15, 0.2) is 0 Å². The molecular formula is C23H26F2N2O5. The van der Waals surface area contributed by atoms with Crippen molar-refractivity contribution in [3.05, 3.63) is 71.8 Å². The van der Waals surface area contributed by atoms with Gasteiger partial charge in [0.1, 0.15) is 18.8 Å². The number of carbonyl (C=O) groups excluding carboxylic acids is 2. The summed E-state index contributed by atoms with van der Waals surface area (Å²) < 4.78 is 37.9. The molecule has 1 heterocycles. The van der Waals surface area contributed by atoms with Crippen LogP contribution in [0.5, 0.6) is 0 Å². The minimum absolute atomic E-state index is 0.0203. The first-order valence-corrected chi connectivity index (χ1v) is 10.3. The lowest BCUT2D eigenvalue weighted by Crippen LogP contribution is -2.60. The number of rotatable bonds is 6. The van der Waals surface area contributed by atoms with E-state index in [4.69, 9.17) is 9.47 Å². The first kappa shape index (κ1) is 23.5. The third-order valence-corrected chi connectivity index (χ3v) is 5.36. The summed E-state index contributed by atoms with van der Waals surface area (Å²) in [5.74, 6) is 0. The van der Waals surface area contributed by atoms with E-state index in [0.717, 1.165) is 11.1 Å². The number of nitrogens with one attached hydrogen (secondary N) is 1. The second-order valence-electron chi connectivity index (χ2n) is 7.64. The molecule has 1 saturated heterocycles. The van der Waals surface area contributed by atoms with E-state index >= 15 is 0 Å². The quantitative estimate of drug-likeness (QED) is 0.704. The summed E-state index contributed by atoms with van der Waals surface area (Å²) in [6.45, 7) is -0.267. The van der Waals surface area contributed by atoms with Crippen molar-refractivity contribution in [2.24, 2.45) is 0 Å². The smallest absolute Gasteiger partial charge is 0.410 e. The van der Waals surface area contributed by atoms with Crippen LogP contribution in [0, 0.1) is 0 Å². The number of aliphatic hydroxyl groups is 1. The summed E-state index contributed by atoms with van der Waals surface area (Å²) in [5.41, 5.74) is -1.00. The highest BCUT2D eigenvalue weighted by Crippen LogP contribution is 2.29. The van der Waals surface area contributed by atoms with Crippen molar-refractivity contribution in [2.45, 2.75) is 44.1 Å². The van der Waals surface area contributed by atoms with Crippen molar-refractivity contribution in [3.63, 3.8) is 0 Å². The summed E-state index contributed by atoms with van der Waals surface area (Å²) in [5, 5.41) is 12.9. The van der Waals surface area contributed by atoms with Crippen molar-refractivity contribution < 1.29 is 33.0 Å². The number of alkyl halides is 2. The lowest BCUT2D eigenvalue weighted by Gasteiger charge is -2.35. The van der Waals surface area contributed by atoms with E-state index in [0.29, 0.717) is 0 Å². The number of benzene rings is 2. The normalized spacial score (nSPS) is 21.0. The molecule has 1 fully saturated rings. The van der Waals surface area contributed by atoms with Gasteiger partial charge in [-0.3, -0.25) is 0 Å². The Hall–Kier alpha value is -3.20. The van der Waals surface area contributed by atoms with E-state index in [2.05, 4.69) is 5.32 Å². The molecule has 0 radical (unpaired) electrons. The Balaban J connectivity index is 1.64. The van der Waals surface area contributed by atoms with Crippen LogP contribution >= 0.6 is 0 Å². The van der Waals surface area contributed by atoms with Gasteiger partial charge in [0.25, 0.3) is 6.43 Å². The number of carbonyl (C=O) groups is 2. The number of nitrogens with zero attached hydrogens (tertiary/aromatic N) is 1. The molecule has 0 aliphatic carbocycles. The van der Waals surface area contributed by atoms with Gasteiger partial charge in [0.05, 0.1) is 6.04 Å². The number of hydrogen-bond donors (Lipinski definition) is 2. The zero-order chi connectivity index (χ0) is 23.0. The van der Waals surface area contributed by atoms with Gasteiger partial charge < -0.3 is 24.8 Å². The zero-order valence-electron chi connectivity index (χ0n) is 17.5. The number of hydrogen-bond acceptors (Lipinski definition) is 5. The molecule has 9 heteroatoms. The van der Waals surface area contributed by atoms with Crippen LogP contribution in [-0.4, -0.2) is 53.4 Å². The Morgan fingerprint density at radius 3 is 2.16 bits per heavy atom. The van der Waals surface area contributed by atoms with Crippen LogP contribution < -0.4 is 5.32 Å². The fourth-order valence-electron chi connectivity index (χ4n) is 3.51. The van der Waals surface area contributed by atoms with Gasteiger partial charge in [-0.2, -0.15) is 0 Å². The van der Waals surface area contributed by atoms with E-state index in [-0.39, 0.29) is 39.1 Å². The number of ether oxygens (including phenoxy) is 2. The topological polar surface area (TPSA) is 88.1 Å². The molecule has 0 bridgehead atoms. The Morgan fingerprint density at radius 1 is 1.03 bits per heavy atom. The van der Waals surface area contributed by atoms with Gasteiger partial charge in [-0.15, -0.1) is 0 Å². The summed E-state index contributed by atoms with van der Waals surface area (Å²) in [7, 11) is 0. The molecule has 7 nitrogen and oxygen atoms in total. The molecule has 172 valence electrons. The molecule has 0 aromatic heterocycles. The molecule has 2 aromatic carbocycles. The highest BCUT2D eigenvalue weighted by atomic mass is 19.3. The first-order chi connectivity index (χ1) is 15.4. The van der Waals surface area contributed by atoms with Crippen LogP contribution in [0.1, 0.15) is 24.0 Å². The van der Waals surface area contributed by atoms with Crippen LogP contribution in [-0.2, 0) is 22.7 Å². The number of likely N-dealkylation sites (tertiary alicyclic amines) is 1. The van der Waals surface area contributed by atoms with Crippen LogP contribution in [0.3, 0.4) is 0 Å². The molecule has 0 spiro atoms. The second kappa shape index (κ2) is 10.9. The van der Waals surface area contributed by atoms with Gasteiger partial charge in [-0.05, 0) is 24.0 Å². The minimum Gasteiger partial charge on any atom is -0.445 e. The number of alkyl carbamates (subject to hydrolysis) is 1. The minimum atomic E-state index is -3.12. The van der Waals surface area contributed by atoms with Crippen molar-refractivity contribution in [2.75, 3.05) is 13.1 Å². The monoisotopic (exact) mass is 448 g/mol. The summed E-state index contributed by atoms with van der Waals surface area (Å²) in [6.07, 6.45) is -4.97. The molecular weight excluding hydrogens is 422 g/mol. The van der Waals surface area contributed by atoms with Gasteiger partial charge in [0.2, 0.25) is 0 Å². The third-order valence-electron chi connectivity index (χ3n) is 5.36. The van der Waals surface area contributed by atoms with Crippen molar-refractivity contribution in [1.29, 1.82) is 0 Å². The third kappa shape index (κ3) is 6.16. The Labute approximate surface area is 184 Å². The Morgan fingerprint density at radius 2 is 1.59 bits per heavy atom. The Bertz CT molecular complexity index is 884. The van der Waals surface area contributed by atoms with Gasteiger partial charge in [-0.1, -0.05) is 60.7 Å². The van der Waals surface area contributed by atoms with E-state index in [1.165, 1.54) is 4.90 Å². The first-order valence-electron chi connectivity index (χ1n) is 10.3. The summed E-state index contributed by atoms with van der Waals surface area (Å²) >= 11 is 0. The molecule has 2 atom stereocenters.